The summed E-state index contributed by atoms with van der Waals surface area (Å²) in [4.78, 5) is 15.0. The Bertz CT molecular complexity index is 331. The number of nitrogens with zero attached hydrogens (tertiary/aromatic N) is 1. The average molecular weight is 226 g/mol. The Kier molecular flexibility index (Phi) is 4.97. The van der Waals surface area contributed by atoms with Gasteiger partial charge in [0.25, 0.3) is 0 Å². The maximum absolute atomic E-state index is 11.0. The molecule has 0 amide bonds. The lowest BCUT2D eigenvalue weighted by Crippen LogP contribution is -2.07. The van der Waals surface area contributed by atoms with Gasteiger partial charge in [0, 0.05) is 17.5 Å². The third-order valence-corrected chi connectivity index (χ3v) is 2.66. The van der Waals surface area contributed by atoms with Crippen molar-refractivity contribution in [2.45, 2.75) is 12.7 Å². The zero-order chi connectivity index (χ0) is 11.1. The first-order valence-corrected chi connectivity index (χ1v) is 5.82. The lowest BCUT2D eigenvalue weighted by molar-refractivity contribution is -0.139. The monoisotopic (exact) mass is 226 g/mol. The summed E-state index contributed by atoms with van der Waals surface area (Å²) >= 11 is 1.47. The number of hydrogen-bond acceptors (Lipinski definition) is 5. The van der Waals surface area contributed by atoms with Crippen molar-refractivity contribution in [2.75, 3.05) is 18.1 Å². The molecule has 0 unspecified atom stereocenters. The highest BCUT2D eigenvalue weighted by molar-refractivity contribution is 7.99. The van der Waals surface area contributed by atoms with Crippen molar-refractivity contribution in [1.82, 2.24) is 4.98 Å². The molecule has 0 saturated heterocycles. The molecule has 0 aliphatic rings. The molecule has 0 bridgehead atoms. The Hall–Kier alpha value is -1.23. The van der Waals surface area contributed by atoms with Crippen molar-refractivity contribution in [3.63, 3.8) is 0 Å². The van der Waals surface area contributed by atoms with Gasteiger partial charge in [0.05, 0.1) is 12.4 Å². The minimum atomic E-state index is -0.190. The average Bonchev–Trinajstić information content (AvgIpc) is 2.21. The fraction of sp³-hybridized carbons (Fsp3) is 0.400. The molecule has 0 saturated carbocycles. The minimum Gasteiger partial charge on any atom is -0.465 e. The highest BCUT2D eigenvalue weighted by Crippen LogP contribution is 2.16. The molecule has 0 aliphatic carbocycles. The summed E-state index contributed by atoms with van der Waals surface area (Å²) in [7, 11) is 0. The van der Waals surface area contributed by atoms with Gasteiger partial charge in [-0.05, 0) is 13.0 Å². The molecule has 2 N–H and O–H groups in total. The van der Waals surface area contributed by atoms with E-state index in [-0.39, 0.29) is 5.97 Å². The summed E-state index contributed by atoms with van der Waals surface area (Å²) in [5.74, 6) is 1.36. The second-order valence-corrected chi connectivity index (χ2v) is 3.83. The lowest BCUT2D eigenvalue weighted by atomic mass is 10.3. The summed E-state index contributed by atoms with van der Waals surface area (Å²) in [6.07, 6.45) is 1.65. The van der Waals surface area contributed by atoms with Gasteiger partial charge in [0.15, 0.2) is 0 Å². The van der Waals surface area contributed by atoms with Gasteiger partial charge in [-0.1, -0.05) is 6.07 Å². The van der Waals surface area contributed by atoms with Gasteiger partial charge in [0.2, 0.25) is 0 Å². The molecule has 0 fully saturated rings. The van der Waals surface area contributed by atoms with Crippen LogP contribution in [-0.2, 0) is 15.3 Å². The lowest BCUT2D eigenvalue weighted by Gasteiger charge is -2.04. The molecular weight excluding hydrogens is 212 g/mol. The summed E-state index contributed by atoms with van der Waals surface area (Å²) in [6, 6.07) is 3.73. The largest absolute Gasteiger partial charge is 0.465 e. The van der Waals surface area contributed by atoms with Gasteiger partial charge in [-0.2, -0.15) is 0 Å². The van der Waals surface area contributed by atoms with Gasteiger partial charge in [0.1, 0.15) is 5.82 Å². The normalized spacial score (nSPS) is 9.93. The van der Waals surface area contributed by atoms with Crippen LogP contribution in [0.5, 0.6) is 0 Å². The summed E-state index contributed by atoms with van der Waals surface area (Å²) < 4.78 is 4.80. The number of nitrogen functional groups attached to an aromatic ring is 1. The van der Waals surface area contributed by atoms with Crippen molar-refractivity contribution in [1.29, 1.82) is 0 Å². The number of thioether (sulfide) groups is 1. The van der Waals surface area contributed by atoms with Crippen LogP contribution in [0.2, 0.25) is 0 Å². The van der Waals surface area contributed by atoms with Crippen molar-refractivity contribution >= 4 is 23.5 Å². The standard InChI is InChI=1S/C10H14N2O2S/c1-2-14-9(13)7-15-6-8-4-3-5-12-10(8)11/h3-5H,2,6-7H2,1H3,(H2,11,12). The van der Waals surface area contributed by atoms with E-state index in [2.05, 4.69) is 4.98 Å². The molecule has 0 aliphatic heterocycles. The summed E-state index contributed by atoms with van der Waals surface area (Å²) in [5, 5.41) is 0. The Morgan fingerprint density at radius 3 is 3.13 bits per heavy atom. The molecule has 0 radical (unpaired) electrons. The first kappa shape index (κ1) is 11.8. The van der Waals surface area contributed by atoms with E-state index in [0.29, 0.717) is 23.9 Å². The topological polar surface area (TPSA) is 65.2 Å². The van der Waals surface area contributed by atoms with Crippen LogP contribution in [0, 0.1) is 0 Å². The molecule has 82 valence electrons. The fourth-order valence-electron chi connectivity index (χ4n) is 1.02. The molecule has 1 aromatic rings. The molecule has 4 nitrogen and oxygen atoms in total. The maximum atomic E-state index is 11.0. The van der Waals surface area contributed by atoms with Gasteiger partial charge in [-0.25, -0.2) is 4.98 Å². The number of ether oxygens (including phenoxy) is 1. The van der Waals surface area contributed by atoms with E-state index in [4.69, 9.17) is 10.5 Å². The van der Waals surface area contributed by atoms with Crippen molar-refractivity contribution < 1.29 is 9.53 Å². The number of pyridine rings is 1. The third kappa shape index (κ3) is 4.20. The van der Waals surface area contributed by atoms with Crippen molar-refractivity contribution in [3.8, 4) is 0 Å². The number of anilines is 1. The van der Waals surface area contributed by atoms with Crippen molar-refractivity contribution in [3.05, 3.63) is 23.9 Å². The van der Waals surface area contributed by atoms with Crippen LogP contribution >= 0.6 is 11.8 Å². The van der Waals surface area contributed by atoms with Gasteiger partial charge in [-0.15, -0.1) is 11.8 Å². The maximum Gasteiger partial charge on any atom is 0.315 e. The zero-order valence-corrected chi connectivity index (χ0v) is 9.42. The number of hydrogen-bond donors (Lipinski definition) is 1. The first-order valence-electron chi connectivity index (χ1n) is 4.66. The van der Waals surface area contributed by atoms with Crippen LogP contribution in [0.15, 0.2) is 18.3 Å². The fourth-order valence-corrected chi connectivity index (χ4v) is 1.84. The Morgan fingerprint density at radius 1 is 1.67 bits per heavy atom. The number of aromatic nitrogens is 1. The van der Waals surface area contributed by atoms with E-state index in [1.807, 2.05) is 12.1 Å². The highest BCUT2D eigenvalue weighted by atomic mass is 32.2. The molecule has 1 aromatic heterocycles. The number of carbonyl (C=O) groups is 1. The molecule has 15 heavy (non-hydrogen) atoms. The zero-order valence-electron chi connectivity index (χ0n) is 8.60. The molecular formula is C10H14N2O2S. The summed E-state index contributed by atoms with van der Waals surface area (Å²) in [5.41, 5.74) is 6.61. The van der Waals surface area contributed by atoms with Gasteiger partial charge in [-0.3, -0.25) is 4.79 Å². The predicted molar refractivity (Wildman–Crippen MR) is 61.4 cm³/mol. The van der Waals surface area contributed by atoms with Crippen LogP contribution in [0.25, 0.3) is 0 Å². The number of nitrogens with two attached hydrogens (primary N) is 1. The molecule has 5 heteroatoms. The van der Waals surface area contributed by atoms with E-state index in [1.54, 1.807) is 13.1 Å². The Labute approximate surface area is 93.2 Å². The molecule has 0 atom stereocenters. The highest BCUT2D eigenvalue weighted by Gasteiger charge is 2.03. The quantitative estimate of drug-likeness (QED) is 0.770. The first-order chi connectivity index (χ1) is 7.24. The van der Waals surface area contributed by atoms with Crippen molar-refractivity contribution in [2.24, 2.45) is 0 Å². The van der Waals surface area contributed by atoms with Crippen LogP contribution in [0.1, 0.15) is 12.5 Å². The molecule has 0 aromatic carbocycles. The van der Waals surface area contributed by atoms with Crippen LogP contribution in [-0.4, -0.2) is 23.3 Å². The number of esters is 1. The third-order valence-electron chi connectivity index (χ3n) is 1.71. The van der Waals surface area contributed by atoms with E-state index in [1.165, 1.54) is 11.8 Å². The minimum absolute atomic E-state index is 0.190. The Balaban J connectivity index is 2.32. The molecule has 1 heterocycles. The smallest absolute Gasteiger partial charge is 0.315 e. The SMILES string of the molecule is CCOC(=O)CSCc1cccnc1N. The van der Waals surface area contributed by atoms with Crippen LogP contribution in [0.3, 0.4) is 0 Å². The van der Waals surface area contributed by atoms with Gasteiger partial charge >= 0.3 is 5.97 Å². The Morgan fingerprint density at radius 2 is 2.47 bits per heavy atom. The molecule has 1 rings (SSSR count). The molecule has 0 spiro atoms. The number of rotatable bonds is 5. The second kappa shape index (κ2) is 6.29. The summed E-state index contributed by atoms with van der Waals surface area (Å²) in [6.45, 7) is 2.22. The second-order valence-electron chi connectivity index (χ2n) is 2.85. The van der Waals surface area contributed by atoms with E-state index < -0.39 is 0 Å². The predicted octanol–water partition coefficient (Wildman–Crippen LogP) is 1.46. The van der Waals surface area contributed by atoms with E-state index >= 15 is 0 Å². The van der Waals surface area contributed by atoms with E-state index in [9.17, 15) is 4.79 Å². The van der Waals surface area contributed by atoms with Crippen LogP contribution in [0.4, 0.5) is 5.82 Å². The number of carbonyl (C=O) groups excluding carboxylic acids is 1. The van der Waals surface area contributed by atoms with Gasteiger partial charge < -0.3 is 10.5 Å². The van der Waals surface area contributed by atoms with Crippen LogP contribution < -0.4 is 5.73 Å². The van der Waals surface area contributed by atoms with E-state index in [0.717, 1.165) is 5.56 Å².